The first-order valence-electron chi connectivity index (χ1n) is 7.44. The van der Waals surface area contributed by atoms with Crippen molar-refractivity contribution in [1.29, 1.82) is 0 Å². The van der Waals surface area contributed by atoms with Crippen molar-refractivity contribution in [1.82, 2.24) is 0 Å². The van der Waals surface area contributed by atoms with E-state index in [1.807, 2.05) is 26.0 Å². The fourth-order valence-electron chi connectivity index (χ4n) is 2.61. The number of hydrogen-bond acceptors (Lipinski definition) is 3. The van der Waals surface area contributed by atoms with Gasteiger partial charge in [-0.25, -0.2) is 4.90 Å². The average molecular weight is 342 g/mol. The van der Waals surface area contributed by atoms with Crippen molar-refractivity contribution in [3.8, 4) is 5.75 Å². The first kappa shape index (κ1) is 16.3. The molecule has 3 rings (SSSR count). The summed E-state index contributed by atoms with van der Waals surface area (Å²) in [6, 6.07) is 12.3. The van der Waals surface area contributed by atoms with Crippen molar-refractivity contribution in [3.05, 3.63) is 64.2 Å². The van der Waals surface area contributed by atoms with Gasteiger partial charge in [0.05, 0.1) is 18.4 Å². The second kappa shape index (κ2) is 6.13. The van der Waals surface area contributed by atoms with E-state index in [2.05, 4.69) is 0 Å². The lowest BCUT2D eigenvalue weighted by Gasteiger charge is -2.16. The lowest BCUT2D eigenvalue weighted by atomic mass is 10.1. The van der Waals surface area contributed by atoms with E-state index >= 15 is 0 Å². The highest BCUT2D eigenvalue weighted by atomic mass is 35.5. The SMILES string of the molecule is COc1ccc(C2=C(Cl)C(=O)N(c3ccc(C)c(C)c3)C2=O)cc1. The van der Waals surface area contributed by atoms with Gasteiger partial charge in [0, 0.05) is 0 Å². The van der Waals surface area contributed by atoms with Crippen LogP contribution >= 0.6 is 11.6 Å². The molecule has 2 amide bonds. The molecule has 24 heavy (non-hydrogen) atoms. The molecule has 2 aromatic carbocycles. The third kappa shape index (κ3) is 2.59. The number of nitrogens with zero attached hydrogens (tertiary/aromatic N) is 1. The number of rotatable bonds is 3. The van der Waals surface area contributed by atoms with Crippen LogP contribution in [-0.4, -0.2) is 18.9 Å². The topological polar surface area (TPSA) is 46.6 Å². The van der Waals surface area contributed by atoms with Crippen LogP contribution in [0.1, 0.15) is 16.7 Å². The number of carbonyl (C=O) groups excluding carboxylic acids is 2. The molecule has 0 radical (unpaired) electrons. The van der Waals surface area contributed by atoms with E-state index in [4.69, 9.17) is 16.3 Å². The Balaban J connectivity index is 2.02. The Bertz CT molecular complexity index is 869. The van der Waals surface area contributed by atoms with Crippen LogP contribution in [0.5, 0.6) is 5.75 Å². The molecule has 0 saturated heterocycles. The lowest BCUT2D eigenvalue weighted by Crippen LogP contribution is -2.31. The fourth-order valence-corrected chi connectivity index (χ4v) is 2.88. The van der Waals surface area contributed by atoms with Crippen molar-refractivity contribution < 1.29 is 14.3 Å². The van der Waals surface area contributed by atoms with Crippen molar-refractivity contribution in [2.24, 2.45) is 0 Å². The van der Waals surface area contributed by atoms with E-state index < -0.39 is 11.8 Å². The van der Waals surface area contributed by atoms with Crippen molar-refractivity contribution in [2.45, 2.75) is 13.8 Å². The van der Waals surface area contributed by atoms with Gasteiger partial charge in [-0.05, 0) is 54.8 Å². The molecule has 122 valence electrons. The summed E-state index contributed by atoms with van der Waals surface area (Å²) in [4.78, 5) is 26.4. The van der Waals surface area contributed by atoms with Crippen LogP contribution in [0, 0.1) is 13.8 Å². The van der Waals surface area contributed by atoms with Gasteiger partial charge in [0.15, 0.2) is 0 Å². The summed E-state index contributed by atoms with van der Waals surface area (Å²) < 4.78 is 5.11. The quantitative estimate of drug-likeness (QED) is 0.797. The zero-order valence-electron chi connectivity index (χ0n) is 13.6. The molecule has 0 saturated carbocycles. The summed E-state index contributed by atoms with van der Waals surface area (Å²) in [6.45, 7) is 3.91. The minimum absolute atomic E-state index is 0.0663. The van der Waals surface area contributed by atoms with Crippen LogP contribution in [0.15, 0.2) is 47.5 Å². The van der Waals surface area contributed by atoms with Gasteiger partial charge in [-0.3, -0.25) is 9.59 Å². The molecule has 0 aromatic heterocycles. The fraction of sp³-hybridized carbons (Fsp3) is 0.158. The van der Waals surface area contributed by atoms with Gasteiger partial charge in [-0.2, -0.15) is 0 Å². The number of amides is 2. The average Bonchev–Trinajstić information content (AvgIpc) is 2.80. The molecule has 0 unspecified atom stereocenters. The Morgan fingerprint density at radius 3 is 2.17 bits per heavy atom. The molecule has 0 aliphatic carbocycles. The second-order valence-electron chi connectivity index (χ2n) is 5.63. The van der Waals surface area contributed by atoms with Crippen LogP contribution in [0.2, 0.25) is 0 Å². The number of anilines is 1. The number of carbonyl (C=O) groups is 2. The third-order valence-electron chi connectivity index (χ3n) is 4.15. The molecule has 0 atom stereocenters. The molecule has 0 bridgehead atoms. The Morgan fingerprint density at radius 1 is 0.917 bits per heavy atom. The summed E-state index contributed by atoms with van der Waals surface area (Å²) in [6.07, 6.45) is 0. The van der Waals surface area contributed by atoms with Crippen molar-refractivity contribution in [2.75, 3.05) is 12.0 Å². The van der Waals surface area contributed by atoms with E-state index in [0.717, 1.165) is 16.0 Å². The number of hydrogen-bond donors (Lipinski definition) is 0. The lowest BCUT2D eigenvalue weighted by molar-refractivity contribution is -0.119. The second-order valence-corrected chi connectivity index (χ2v) is 6.01. The molecule has 1 aliphatic heterocycles. The molecule has 5 heteroatoms. The van der Waals surface area contributed by atoms with E-state index in [1.165, 1.54) is 0 Å². The van der Waals surface area contributed by atoms with Crippen LogP contribution < -0.4 is 9.64 Å². The summed E-state index contributed by atoms with van der Waals surface area (Å²) in [7, 11) is 1.56. The van der Waals surface area contributed by atoms with E-state index in [9.17, 15) is 9.59 Å². The van der Waals surface area contributed by atoms with Gasteiger partial charge in [-0.1, -0.05) is 29.8 Å². The van der Waals surface area contributed by atoms with E-state index in [-0.39, 0.29) is 10.6 Å². The zero-order chi connectivity index (χ0) is 17.4. The largest absolute Gasteiger partial charge is 0.497 e. The summed E-state index contributed by atoms with van der Waals surface area (Å²) in [5, 5.41) is -0.0663. The first-order valence-corrected chi connectivity index (χ1v) is 7.82. The normalized spacial score (nSPS) is 14.6. The Labute approximate surface area is 145 Å². The third-order valence-corrected chi connectivity index (χ3v) is 4.51. The number of halogens is 1. The van der Waals surface area contributed by atoms with Gasteiger partial charge in [-0.15, -0.1) is 0 Å². The maximum absolute atomic E-state index is 12.8. The number of aryl methyl sites for hydroxylation is 2. The maximum Gasteiger partial charge on any atom is 0.277 e. The van der Waals surface area contributed by atoms with Gasteiger partial charge >= 0.3 is 0 Å². The number of benzene rings is 2. The summed E-state index contributed by atoms with van der Waals surface area (Å²) in [5.41, 5.74) is 3.41. The smallest absolute Gasteiger partial charge is 0.277 e. The molecule has 1 heterocycles. The minimum atomic E-state index is -0.504. The maximum atomic E-state index is 12.8. The van der Waals surface area contributed by atoms with Crippen LogP contribution in [0.3, 0.4) is 0 Å². The van der Waals surface area contributed by atoms with Crippen LogP contribution in [-0.2, 0) is 9.59 Å². The summed E-state index contributed by atoms with van der Waals surface area (Å²) in [5.74, 6) is -0.257. The molecule has 0 fully saturated rings. The molecular formula is C19H16ClNO3. The van der Waals surface area contributed by atoms with Crippen molar-refractivity contribution >= 4 is 34.7 Å². The Kier molecular flexibility index (Phi) is 4.16. The Hall–Kier alpha value is -2.59. The zero-order valence-corrected chi connectivity index (χ0v) is 14.3. The molecule has 0 N–H and O–H groups in total. The first-order chi connectivity index (χ1) is 11.4. The molecule has 1 aliphatic rings. The van der Waals surface area contributed by atoms with Crippen molar-refractivity contribution in [3.63, 3.8) is 0 Å². The van der Waals surface area contributed by atoms with Gasteiger partial charge < -0.3 is 4.74 Å². The van der Waals surface area contributed by atoms with Gasteiger partial charge in [0.2, 0.25) is 0 Å². The number of methoxy groups -OCH3 is 1. The molecular weight excluding hydrogens is 326 g/mol. The molecule has 4 nitrogen and oxygen atoms in total. The van der Waals surface area contributed by atoms with Crippen LogP contribution in [0.25, 0.3) is 5.57 Å². The van der Waals surface area contributed by atoms with E-state index in [0.29, 0.717) is 17.0 Å². The van der Waals surface area contributed by atoms with Crippen LogP contribution in [0.4, 0.5) is 5.69 Å². The predicted molar refractivity (Wildman–Crippen MR) is 94.2 cm³/mol. The Morgan fingerprint density at radius 2 is 1.58 bits per heavy atom. The number of ether oxygens (including phenoxy) is 1. The highest BCUT2D eigenvalue weighted by molar-refractivity contribution is 6.60. The highest BCUT2D eigenvalue weighted by Gasteiger charge is 2.39. The number of imide groups is 1. The van der Waals surface area contributed by atoms with E-state index in [1.54, 1.807) is 37.4 Å². The van der Waals surface area contributed by atoms with Gasteiger partial charge in [0.25, 0.3) is 11.8 Å². The standard InChI is InChI=1S/C19H16ClNO3/c1-11-4-7-14(10-12(11)2)21-18(22)16(17(20)19(21)23)13-5-8-15(24-3)9-6-13/h4-10H,1-3H3. The van der Waals surface area contributed by atoms with Gasteiger partial charge in [0.1, 0.15) is 10.8 Å². The molecule has 0 spiro atoms. The highest BCUT2D eigenvalue weighted by Crippen LogP contribution is 2.35. The minimum Gasteiger partial charge on any atom is -0.497 e. The monoisotopic (exact) mass is 341 g/mol. The molecule has 2 aromatic rings. The predicted octanol–water partition coefficient (Wildman–Crippen LogP) is 3.84. The summed E-state index contributed by atoms with van der Waals surface area (Å²) >= 11 is 6.18.